The first-order chi connectivity index (χ1) is 9.60. The van der Waals surface area contributed by atoms with Crippen molar-refractivity contribution in [1.82, 2.24) is 4.90 Å². The Morgan fingerprint density at radius 2 is 2.05 bits per heavy atom. The van der Waals surface area contributed by atoms with Gasteiger partial charge in [-0.2, -0.15) is 0 Å². The Labute approximate surface area is 118 Å². The molecule has 0 saturated carbocycles. The zero-order chi connectivity index (χ0) is 15.0. The zero-order valence-electron chi connectivity index (χ0n) is 12.0. The highest BCUT2D eigenvalue weighted by atomic mass is 16.5. The predicted octanol–water partition coefficient (Wildman–Crippen LogP) is 1.13. The summed E-state index contributed by atoms with van der Waals surface area (Å²) >= 11 is 0. The van der Waals surface area contributed by atoms with E-state index >= 15 is 0 Å². The molecule has 0 aliphatic rings. The van der Waals surface area contributed by atoms with E-state index in [-0.39, 0.29) is 25.0 Å². The van der Waals surface area contributed by atoms with E-state index in [1.165, 1.54) is 12.0 Å². The fraction of sp³-hybridized carbons (Fsp3) is 0.429. The quantitative estimate of drug-likeness (QED) is 0.813. The van der Waals surface area contributed by atoms with Crippen LogP contribution in [0.4, 0.5) is 5.69 Å². The number of nitrogens with zero attached hydrogens (tertiary/aromatic N) is 1. The molecule has 0 unspecified atom stereocenters. The molecule has 0 spiro atoms. The molecule has 6 nitrogen and oxygen atoms in total. The van der Waals surface area contributed by atoms with Crippen LogP contribution in [0.3, 0.4) is 0 Å². The smallest absolute Gasteiger partial charge is 0.249 e. The maximum atomic E-state index is 11.9. The molecule has 1 aromatic carbocycles. The van der Waals surface area contributed by atoms with Crippen LogP contribution in [-0.2, 0) is 14.3 Å². The second kappa shape index (κ2) is 8.16. The molecule has 0 aliphatic heterocycles. The van der Waals surface area contributed by atoms with E-state index in [1.54, 1.807) is 31.4 Å². The van der Waals surface area contributed by atoms with Crippen molar-refractivity contribution in [2.24, 2.45) is 0 Å². The van der Waals surface area contributed by atoms with Crippen molar-refractivity contribution < 1.29 is 19.1 Å². The number of carbonyl (C=O) groups is 2. The van der Waals surface area contributed by atoms with E-state index in [2.05, 4.69) is 5.32 Å². The highest BCUT2D eigenvalue weighted by Crippen LogP contribution is 2.16. The predicted molar refractivity (Wildman–Crippen MR) is 75.8 cm³/mol. The number of hydrogen-bond acceptors (Lipinski definition) is 4. The number of anilines is 1. The number of carbonyl (C=O) groups excluding carboxylic acids is 2. The third-order valence-electron chi connectivity index (χ3n) is 2.69. The average Bonchev–Trinajstić information content (AvgIpc) is 2.45. The Bertz CT molecular complexity index is 462. The topological polar surface area (TPSA) is 67.9 Å². The van der Waals surface area contributed by atoms with E-state index in [0.29, 0.717) is 18.0 Å². The number of likely N-dealkylation sites (N-methyl/N-ethyl adjacent to an activating group) is 1. The van der Waals surface area contributed by atoms with Crippen LogP contribution in [0.2, 0.25) is 0 Å². The van der Waals surface area contributed by atoms with Gasteiger partial charge in [-0.15, -0.1) is 0 Å². The molecule has 20 heavy (non-hydrogen) atoms. The number of rotatable bonds is 7. The molecular formula is C14H20N2O4. The van der Waals surface area contributed by atoms with Crippen LogP contribution >= 0.6 is 0 Å². The Morgan fingerprint density at radius 3 is 2.65 bits per heavy atom. The zero-order valence-corrected chi connectivity index (χ0v) is 12.0. The highest BCUT2D eigenvalue weighted by Gasteiger charge is 2.15. The van der Waals surface area contributed by atoms with Gasteiger partial charge in [-0.05, 0) is 19.1 Å². The summed E-state index contributed by atoms with van der Waals surface area (Å²) in [5.41, 5.74) is 0.629. The summed E-state index contributed by atoms with van der Waals surface area (Å²) in [6.07, 6.45) is 0. The largest absolute Gasteiger partial charge is 0.497 e. The maximum absolute atomic E-state index is 11.9. The van der Waals surface area contributed by atoms with Gasteiger partial charge in [-0.25, -0.2) is 0 Å². The molecule has 0 aromatic heterocycles. The molecule has 0 radical (unpaired) electrons. The Kier molecular flexibility index (Phi) is 6.52. The molecule has 110 valence electrons. The molecule has 6 heteroatoms. The summed E-state index contributed by atoms with van der Waals surface area (Å²) in [5.74, 6) is 0.186. The number of hydrogen-bond donors (Lipinski definition) is 1. The third-order valence-corrected chi connectivity index (χ3v) is 2.69. The fourth-order valence-electron chi connectivity index (χ4n) is 1.67. The average molecular weight is 280 g/mol. The second-order valence-electron chi connectivity index (χ2n) is 4.12. The van der Waals surface area contributed by atoms with Crippen molar-refractivity contribution in [1.29, 1.82) is 0 Å². The van der Waals surface area contributed by atoms with E-state index in [0.717, 1.165) is 0 Å². The van der Waals surface area contributed by atoms with Crippen LogP contribution in [0, 0.1) is 0 Å². The second-order valence-corrected chi connectivity index (χ2v) is 4.12. The van der Waals surface area contributed by atoms with Gasteiger partial charge in [-0.1, -0.05) is 6.07 Å². The molecule has 1 N–H and O–H groups in total. The molecule has 2 amide bonds. The molecular weight excluding hydrogens is 260 g/mol. The number of methoxy groups -OCH3 is 2. The molecule has 0 atom stereocenters. The standard InChI is InChI=1S/C14H20N2O4/c1-4-16(14(18)10-19-2)9-13(17)15-11-6-5-7-12(8-11)20-3/h5-8H,4,9-10H2,1-3H3,(H,15,17). The first-order valence-electron chi connectivity index (χ1n) is 6.31. The van der Waals surface area contributed by atoms with Gasteiger partial charge in [-0.3, -0.25) is 9.59 Å². The lowest BCUT2D eigenvalue weighted by Gasteiger charge is -2.19. The number of ether oxygens (including phenoxy) is 2. The Balaban J connectivity index is 2.59. The van der Waals surface area contributed by atoms with Gasteiger partial charge in [0.2, 0.25) is 11.8 Å². The molecule has 1 rings (SSSR count). The first kappa shape index (κ1) is 16.0. The molecule has 0 saturated heterocycles. The van der Waals surface area contributed by atoms with E-state index in [4.69, 9.17) is 9.47 Å². The fourth-order valence-corrected chi connectivity index (χ4v) is 1.67. The molecule has 0 aliphatic carbocycles. The van der Waals surface area contributed by atoms with Crippen LogP contribution in [-0.4, -0.2) is 50.6 Å². The molecule has 1 aromatic rings. The van der Waals surface area contributed by atoms with Crippen molar-refractivity contribution in [2.45, 2.75) is 6.92 Å². The van der Waals surface area contributed by atoms with Gasteiger partial charge in [0, 0.05) is 25.4 Å². The minimum Gasteiger partial charge on any atom is -0.497 e. The van der Waals surface area contributed by atoms with Gasteiger partial charge in [0.05, 0.1) is 13.7 Å². The number of amides is 2. The molecule has 0 fully saturated rings. The van der Waals surface area contributed by atoms with Gasteiger partial charge in [0.1, 0.15) is 12.4 Å². The van der Waals surface area contributed by atoms with Crippen LogP contribution < -0.4 is 10.1 Å². The maximum Gasteiger partial charge on any atom is 0.249 e. The minimum atomic E-state index is -0.260. The van der Waals surface area contributed by atoms with Crippen molar-refractivity contribution in [3.63, 3.8) is 0 Å². The molecule has 0 bridgehead atoms. The third kappa shape index (κ3) is 4.89. The van der Waals surface area contributed by atoms with Gasteiger partial charge in [0.25, 0.3) is 0 Å². The lowest BCUT2D eigenvalue weighted by Crippen LogP contribution is -2.39. The minimum absolute atomic E-state index is 0.00406. The summed E-state index contributed by atoms with van der Waals surface area (Å²) in [6, 6.07) is 7.04. The summed E-state index contributed by atoms with van der Waals surface area (Å²) in [4.78, 5) is 25.0. The first-order valence-corrected chi connectivity index (χ1v) is 6.31. The van der Waals surface area contributed by atoms with Gasteiger partial charge < -0.3 is 19.7 Å². The van der Waals surface area contributed by atoms with E-state index in [1.807, 2.05) is 6.92 Å². The van der Waals surface area contributed by atoms with Crippen LogP contribution in [0.25, 0.3) is 0 Å². The lowest BCUT2D eigenvalue weighted by molar-refractivity contribution is -0.137. The SMILES string of the molecule is CCN(CC(=O)Nc1cccc(OC)c1)C(=O)COC. The summed E-state index contributed by atoms with van der Waals surface area (Å²) < 4.78 is 9.85. The van der Waals surface area contributed by atoms with E-state index < -0.39 is 0 Å². The van der Waals surface area contributed by atoms with Crippen LogP contribution in [0.5, 0.6) is 5.75 Å². The summed E-state index contributed by atoms with van der Waals surface area (Å²) in [6.45, 7) is 2.23. The van der Waals surface area contributed by atoms with Crippen LogP contribution in [0.15, 0.2) is 24.3 Å². The van der Waals surface area contributed by atoms with E-state index in [9.17, 15) is 9.59 Å². The van der Waals surface area contributed by atoms with Crippen molar-refractivity contribution in [2.75, 3.05) is 39.2 Å². The number of benzene rings is 1. The number of nitrogens with one attached hydrogen (secondary N) is 1. The molecule has 0 heterocycles. The van der Waals surface area contributed by atoms with Crippen molar-refractivity contribution >= 4 is 17.5 Å². The summed E-state index contributed by atoms with van der Waals surface area (Å²) in [7, 11) is 3.01. The van der Waals surface area contributed by atoms with Gasteiger partial charge >= 0.3 is 0 Å². The normalized spacial score (nSPS) is 9.95. The Morgan fingerprint density at radius 1 is 1.30 bits per heavy atom. The van der Waals surface area contributed by atoms with Crippen molar-refractivity contribution in [3.05, 3.63) is 24.3 Å². The monoisotopic (exact) mass is 280 g/mol. The Hall–Kier alpha value is -2.08. The highest BCUT2D eigenvalue weighted by molar-refractivity contribution is 5.94. The lowest BCUT2D eigenvalue weighted by atomic mass is 10.3. The summed E-state index contributed by atoms with van der Waals surface area (Å²) in [5, 5.41) is 2.72. The van der Waals surface area contributed by atoms with Crippen LogP contribution in [0.1, 0.15) is 6.92 Å². The van der Waals surface area contributed by atoms with Crippen molar-refractivity contribution in [3.8, 4) is 5.75 Å². The van der Waals surface area contributed by atoms with Gasteiger partial charge in [0.15, 0.2) is 0 Å².